The fraction of sp³-hybridized carbons (Fsp3) is 0.118. The molecule has 0 aliphatic rings. The van der Waals surface area contributed by atoms with Gasteiger partial charge in [-0.25, -0.2) is 0 Å². The minimum Gasteiger partial charge on any atom is -0.370 e. The Morgan fingerprint density at radius 2 is 1.95 bits per heavy atom. The first-order chi connectivity index (χ1) is 10.5. The first-order valence-electron chi connectivity index (χ1n) is 6.75. The number of nitrogens with zero attached hydrogens (tertiary/aromatic N) is 2. The van der Waals surface area contributed by atoms with Crippen molar-refractivity contribution in [3.63, 3.8) is 0 Å². The molecule has 112 valence electrons. The van der Waals surface area contributed by atoms with E-state index in [1.54, 1.807) is 36.4 Å². The molecule has 0 radical (unpaired) electrons. The first kappa shape index (κ1) is 15.4. The summed E-state index contributed by atoms with van der Waals surface area (Å²) >= 11 is 0. The van der Waals surface area contributed by atoms with Crippen LogP contribution in [0.2, 0.25) is 0 Å². The highest BCUT2D eigenvalue weighted by molar-refractivity contribution is 6.12. The highest BCUT2D eigenvalue weighted by Gasteiger charge is 2.19. The Balaban J connectivity index is 2.54. The van der Waals surface area contributed by atoms with Gasteiger partial charge in [0.15, 0.2) is 5.78 Å². The summed E-state index contributed by atoms with van der Waals surface area (Å²) in [6, 6.07) is 13.0. The molecule has 0 bridgehead atoms. The second-order valence-corrected chi connectivity index (χ2v) is 4.82. The molecule has 5 heteroatoms. The third kappa shape index (κ3) is 3.20. The van der Waals surface area contributed by atoms with Crippen molar-refractivity contribution in [3.05, 3.63) is 82.4 Å². The first-order valence-corrected chi connectivity index (χ1v) is 6.75. The van der Waals surface area contributed by atoms with E-state index >= 15 is 0 Å². The van der Waals surface area contributed by atoms with Gasteiger partial charge in [0.25, 0.3) is 5.69 Å². The van der Waals surface area contributed by atoms with Crippen LogP contribution in [0, 0.1) is 10.1 Å². The highest BCUT2D eigenvalue weighted by atomic mass is 16.6. The molecule has 0 saturated heterocycles. The van der Waals surface area contributed by atoms with Crippen LogP contribution in [-0.4, -0.2) is 24.3 Å². The Hall–Kier alpha value is -2.95. The van der Waals surface area contributed by atoms with Crippen molar-refractivity contribution in [1.82, 2.24) is 0 Å². The van der Waals surface area contributed by atoms with Gasteiger partial charge >= 0.3 is 0 Å². The van der Waals surface area contributed by atoms with Crippen LogP contribution in [0.25, 0.3) is 0 Å². The lowest BCUT2D eigenvalue weighted by molar-refractivity contribution is -0.384. The molecule has 2 rings (SSSR count). The number of anilines is 1. The van der Waals surface area contributed by atoms with E-state index in [1.807, 2.05) is 18.0 Å². The van der Waals surface area contributed by atoms with Gasteiger partial charge in [-0.15, -0.1) is 6.58 Å². The van der Waals surface area contributed by atoms with Gasteiger partial charge in [0.2, 0.25) is 0 Å². The standard InChI is InChI=1S/C17H16N2O3/c1-3-11-18(2)16-10-9-14(19(21)22)12-15(16)17(20)13-7-5-4-6-8-13/h3-10,12H,1,11H2,2H3. The summed E-state index contributed by atoms with van der Waals surface area (Å²) < 4.78 is 0. The summed E-state index contributed by atoms with van der Waals surface area (Å²) in [6.45, 7) is 4.20. The minimum atomic E-state index is -0.501. The van der Waals surface area contributed by atoms with Crippen molar-refractivity contribution in [3.8, 4) is 0 Å². The zero-order valence-electron chi connectivity index (χ0n) is 12.2. The number of ketones is 1. The Morgan fingerprint density at radius 3 is 2.55 bits per heavy atom. The molecule has 0 spiro atoms. The Bertz CT molecular complexity index is 711. The lowest BCUT2D eigenvalue weighted by atomic mass is 10.0. The second kappa shape index (κ2) is 6.67. The molecule has 0 aliphatic heterocycles. The number of nitro groups is 1. The summed E-state index contributed by atoms with van der Waals surface area (Å²) in [6.07, 6.45) is 1.71. The smallest absolute Gasteiger partial charge is 0.270 e. The molecule has 2 aromatic carbocycles. The number of likely N-dealkylation sites (N-methyl/N-ethyl adjacent to an activating group) is 1. The lowest BCUT2D eigenvalue weighted by Gasteiger charge is -2.20. The van der Waals surface area contributed by atoms with Crippen LogP contribution >= 0.6 is 0 Å². The number of carbonyl (C=O) groups is 1. The van der Waals surface area contributed by atoms with Gasteiger partial charge < -0.3 is 4.90 Å². The molecule has 0 fully saturated rings. The number of hydrogen-bond donors (Lipinski definition) is 0. The van der Waals surface area contributed by atoms with Crippen LogP contribution in [-0.2, 0) is 0 Å². The number of benzene rings is 2. The van der Waals surface area contributed by atoms with E-state index in [0.29, 0.717) is 23.4 Å². The van der Waals surface area contributed by atoms with E-state index in [4.69, 9.17) is 0 Å². The molecule has 2 aromatic rings. The Labute approximate surface area is 128 Å². The number of rotatable bonds is 6. The summed E-state index contributed by atoms with van der Waals surface area (Å²) in [5.41, 5.74) is 1.34. The van der Waals surface area contributed by atoms with Crippen LogP contribution in [0.15, 0.2) is 61.2 Å². The molecular formula is C17H16N2O3. The molecule has 0 unspecified atom stereocenters. The quantitative estimate of drug-likeness (QED) is 0.354. The van der Waals surface area contributed by atoms with E-state index in [-0.39, 0.29) is 11.5 Å². The molecule has 5 nitrogen and oxygen atoms in total. The van der Waals surface area contributed by atoms with Crippen LogP contribution in [0.4, 0.5) is 11.4 Å². The van der Waals surface area contributed by atoms with Gasteiger partial charge in [-0.05, 0) is 6.07 Å². The van der Waals surface area contributed by atoms with E-state index in [0.717, 1.165) is 0 Å². The van der Waals surface area contributed by atoms with Gasteiger partial charge in [-0.3, -0.25) is 14.9 Å². The molecule has 0 atom stereocenters. The van der Waals surface area contributed by atoms with Crippen LogP contribution in [0.3, 0.4) is 0 Å². The van der Waals surface area contributed by atoms with Crippen molar-refractivity contribution in [2.45, 2.75) is 0 Å². The van der Waals surface area contributed by atoms with Gasteiger partial charge in [0.1, 0.15) is 0 Å². The maximum Gasteiger partial charge on any atom is 0.270 e. The van der Waals surface area contributed by atoms with Gasteiger partial charge in [-0.1, -0.05) is 36.4 Å². The molecule has 22 heavy (non-hydrogen) atoms. The maximum absolute atomic E-state index is 12.7. The van der Waals surface area contributed by atoms with E-state index < -0.39 is 4.92 Å². The Morgan fingerprint density at radius 1 is 1.27 bits per heavy atom. The predicted octanol–water partition coefficient (Wildman–Crippen LogP) is 3.45. The van der Waals surface area contributed by atoms with Crippen LogP contribution in [0.5, 0.6) is 0 Å². The molecule has 0 N–H and O–H groups in total. The van der Waals surface area contributed by atoms with E-state index in [2.05, 4.69) is 6.58 Å². The number of nitro benzene ring substituents is 1. The van der Waals surface area contributed by atoms with Gasteiger partial charge in [0, 0.05) is 37.0 Å². The van der Waals surface area contributed by atoms with Crippen molar-refractivity contribution in [2.24, 2.45) is 0 Å². The van der Waals surface area contributed by atoms with Crippen molar-refractivity contribution >= 4 is 17.2 Å². The van der Waals surface area contributed by atoms with Gasteiger partial charge in [0.05, 0.1) is 10.5 Å². The summed E-state index contributed by atoms with van der Waals surface area (Å²) in [4.78, 5) is 25.0. The SMILES string of the molecule is C=CCN(C)c1ccc([N+](=O)[O-])cc1C(=O)c1ccccc1. The average Bonchev–Trinajstić information content (AvgIpc) is 2.54. The number of carbonyl (C=O) groups excluding carboxylic acids is 1. The fourth-order valence-electron chi connectivity index (χ4n) is 2.19. The monoisotopic (exact) mass is 296 g/mol. The molecule has 0 aromatic heterocycles. The normalized spacial score (nSPS) is 10.0. The number of hydrogen-bond acceptors (Lipinski definition) is 4. The lowest BCUT2D eigenvalue weighted by Crippen LogP contribution is -2.20. The molecule has 0 heterocycles. The van der Waals surface area contributed by atoms with Gasteiger partial charge in [-0.2, -0.15) is 0 Å². The van der Waals surface area contributed by atoms with Crippen molar-refractivity contribution < 1.29 is 9.72 Å². The molecule has 0 saturated carbocycles. The summed E-state index contributed by atoms with van der Waals surface area (Å²) in [5.74, 6) is -0.241. The minimum absolute atomic E-state index is 0.102. The second-order valence-electron chi connectivity index (χ2n) is 4.82. The zero-order valence-corrected chi connectivity index (χ0v) is 12.2. The van der Waals surface area contributed by atoms with Crippen LogP contribution < -0.4 is 4.90 Å². The van der Waals surface area contributed by atoms with E-state index in [1.165, 1.54) is 12.1 Å². The summed E-state index contributed by atoms with van der Waals surface area (Å²) in [7, 11) is 1.81. The largest absolute Gasteiger partial charge is 0.370 e. The highest BCUT2D eigenvalue weighted by Crippen LogP contribution is 2.27. The zero-order chi connectivity index (χ0) is 16.1. The summed E-state index contributed by atoms with van der Waals surface area (Å²) in [5, 5.41) is 11.0. The topological polar surface area (TPSA) is 63.4 Å². The van der Waals surface area contributed by atoms with Crippen LogP contribution in [0.1, 0.15) is 15.9 Å². The predicted molar refractivity (Wildman–Crippen MR) is 86.4 cm³/mol. The molecule has 0 amide bonds. The average molecular weight is 296 g/mol. The third-order valence-corrected chi connectivity index (χ3v) is 3.29. The Kier molecular flexibility index (Phi) is 4.68. The fourth-order valence-corrected chi connectivity index (χ4v) is 2.19. The third-order valence-electron chi connectivity index (χ3n) is 3.29. The molecular weight excluding hydrogens is 280 g/mol. The number of non-ortho nitro benzene ring substituents is 1. The van der Waals surface area contributed by atoms with E-state index in [9.17, 15) is 14.9 Å². The maximum atomic E-state index is 12.7. The van der Waals surface area contributed by atoms with Crippen molar-refractivity contribution in [1.29, 1.82) is 0 Å². The molecule has 0 aliphatic carbocycles. The van der Waals surface area contributed by atoms with Crippen molar-refractivity contribution in [2.75, 3.05) is 18.5 Å².